The van der Waals surface area contributed by atoms with Gasteiger partial charge in [-0.3, -0.25) is 0 Å². The number of urea groups is 1. The summed E-state index contributed by atoms with van der Waals surface area (Å²) in [5.74, 6) is -0.986. The van der Waals surface area contributed by atoms with E-state index in [-0.39, 0.29) is 18.7 Å². The standard InChI is InChI=1S/C13H24N2O4/c1-5-10(6-2)14(4)12(18)15-8-13(3,9-15)19-7-11(16)17/h10H,5-9H2,1-4H3,(H,16,17). The molecule has 6 heteroatoms. The zero-order valence-corrected chi connectivity index (χ0v) is 12.2. The van der Waals surface area contributed by atoms with Crippen LogP contribution >= 0.6 is 0 Å². The van der Waals surface area contributed by atoms with Gasteiger partial charge < -0.3 is 19.6 Å². The monoisotopic (exact) mass is 272 g/mol. The van der Waals surface area contributed by atoms with Gasteiger partial charge in [-0.05, 0) is 19.8 Å². The summed E-state index contributed by atoms with van der Waals surface area (Å²) in [6.07, 6.45) is 1.86. The highest BCUT2D eigenvalue weighted by atomic mass is 16.5. The molecule has 0 atom stereocenters. The van der Waals surface area contributed by atoms with E-state index in [1.165, 1.54) is 0 Å². The highest BCUT2D eigenvalue weighted by Crippen LogP contribution is 2.26. The number of amides is 2. The largest absolute Gasteiger partial charge is 0.480 e. The number of carboxylic acid groups (broad SMARTS) is 1. The van der Waals surface area contributed by atoms with Gasteiger partial charge in [-0.2, -0.15) is 0 Å². The molecule has 6 nitrogen and oxygen atoms in total. The Labute approximate surface area is 114 Å². The van der Waals surface area contributed by atoms with Crippen molar-refractivity contribution in [2.24, 2.45) is 0 Å². The van der Waals surface area contributed by atoms with Crippen molar-refractivity contribution in [3.8, 4) is 0 Å². The van der Waals surface area contributed by atoms with Gasteiger partial charge in [-0.25, -0.2) is 9.59 Å². The molecular weight excluding hydrogens is 248 g/mol. The molecule has 1 fully saturated rings. The van der Waals surface area contributed by atoms with Crippen LogP contribution in [0.25, 0.3) is 0 Å². The Bertz CT molecular complexity index is 336. The second-order valence-electron chi connectivity index (χ2n) is 5.35. The van der Waals surface area contributed by atoms with Crippen molar-refractivity contribution in [1.29, 1.82) is 0 Å². The number of carbonyl (C=O) groups excluding carboxylic acids is 1. The van der Waals surface area contributed by atoms with Crippen LogP contribution in [-0.4, -0.2) is 65.3 Å². The van der Waals surface area contributed by atoms with Crippen LogP contribution in [-0.2, 0) is 9.53 Å². The molecule has 0 spiro atoms. The minimum absolute atomic E-state index is 0.00917. The van der Waals surface area contributed by atoms with Crippen molar-refractivity contribution >= 4 is 12.0 Å². The quantitative estimate of drug-likeness (QED) is 0.793. The lowest BCUT2D eigenvalue weighted by Gasteiger charge is -2.48. The first kappa shape index (κ1) is 15.8. The number of aliphatic carboxylic acids is 1. The van der Waals surface area contributed by atoms with Crippen molar-refractivity contribution in [2.75, 3.05) is 26.7 Å². The summed E-state index contributed by atoms with van der Waals surface area (Å²) < 4.78 is 5.29. The number of carbonyl (C=O) groups is 2. The third kappa shape index (κ3) is 3.83. The smallest absolute Gasteiger partial charge is 0.329 e. The molecule has 0 aromatic rings. The molecule has 1 rings (SSSR count). The molecule has 0 aromatic carbocycles. The maximum absolute atomic E-state index is 12.2. The summed E-state index contributed by atoms with van der Waals surface area (Å²) in [4.78, 5) is 26.1. The van der Waals surface area contributed by atoms with Gasteiger partial charge in [0.25, 0.3) is 0 Å². The molecule has 0 aromatic heterocycles. The zero-order chi connectivity index (χ0) is 14.6. The van der Waals surface area contributed by atoms with Crippen molar-refractivity contribution in [3.05, 3.63) is 0 Å². The van der Waals surface area contributed by atoms with Gasteiger partial charge in [-0.15, -0.1) is 0 Å². The lowest BCUT2D eigenvalue weighted by molar-refractivity contribution is -0.160. The molecular formula is C13H24N2O4. The van der Waals surface area contributed by atoms with Crippen LogP contribution in [0.2, 0.25) is 0 Å². The fraction of sp³-hybridized carbons (Fsp3) is 0.846. The summed E-state index contributed by atoms with van der Waals surface area (Å²) >= 11 is 0. The van der Waals surface area contributed by atoms with E-state index in [0.717, 1.165) is 12.8 Å². The van der Waals surface area contributed by atoms with E-state index in [0.29, 0.717) is 13.1 Å². The third-order valence-electron chi connectivity index (χ3n) is 3.66. The van der Waals surface area contributed by atoms with E-state index in [1.54, 1.807) is 9.80 Å². The van der Waals surface area contributed by atoms with Crippen LogP contribution in [0.15, 0.2) is 0 Å². The highest BCUT2D eigenvalue weighted by Gasteiger charge is 2.44. The first-order valence-corrected chi connectivity index (χ1v) is 6.70. The van der Waals surface area contributed by atoms with Crippen LogP contribution < -0.4 is 0 Å². The van der Waals surface area contributed by atoms with Crippen molar-refractivity contribution < 1.29 is 19.4 Å². The van der Waals surface area contributed by atoms with E-state index < -0.39 is 11.6 Å². The van der Waals surface area contributed by atoms with Gasteiger partial charge in [0, 0.05) is 13.1 Å². The Morgan fingerprint density at radius 3 is 2.32 bits per heavy atom. The van der Waals surface area contributed by atoms with Crippen LogP contribution in [0.1, 0.15) is 33.6 Å². The summed E-state index contributed by atoms with van der Waals surface area (Å²) in [5.41, 5.74) is -0.525. The van der Waals surface area contributed by atoms with Gasteiger partial charge >= 0.3 is 12.0 Å². The van der Waals surface area contributed by atoms with Crippen molar-refractivity contribution in [1.82, 2.24) is 9.80 Å². The zero-order valence-electron chi connectivity index (χ0n) is 12.2. The van der Waals surface area contributed by atoms with Crippen LogP contribution in [0.3, 0.4) is 0 Å². The van der Waals surface area contributed by atoms with E-state index in [2.05, 4.69) is 13.8 Å². The number of carboxylic acids is 1. The molecule has 1 N–H and O–H groups in total. The van der Waals surface area contributed by atoms with Gasteiger partial charge in [0.05, 0.1) is 13.1 Å². The molecule has 0 bridgehead atoms. The number of rotatable bonds is 6. The summed E-state index contributed by atoms with van der Waals surface area (Å²) in [7, 11) is 1.81. The minimum atomic E-state index is -0.986. The molecule has 1 aliphatic heterocycles. The lowest BCUT2D eigenvalue weighted by atomic mass is 9.96. The summed E-state index contributed by atoms with van der Waals surface area (Å²) in [6, 6.07) is 0.240. The predicted octanol–water partition coefficient (Wildman–Crippen LogP) is 1.40. The molecule has 1 heterocycles. The van der Waals surface area contributed by atoms with E-state index in [9.17, 15) is 9.59 Å². The molecule has 1 aliphatic rings. The number of hydrogen-bond acceptors (Lipinski definition) is 3. The Morgan fingerprint density at radius 1 is 1.37 bits per heavy atom. The normalized spacial score (nSPS) is 17.2. The second-order valence-corrected chi connectivity index (χ2v) is 5.35. The number of ether oxygens (including phenoxy) is 1. The van der Waals surface area contributed by atoms with Gasteiger partial charge in [0.1, 0.15) is 12.2 Å². The van der Waals surface area contributed by atoms with Gasteiger partial charge in [-0.1, -0.05) is 13.8 Å². The number of likely N-dealkylation sites (tertiary alicyclic amines) is 1. The third-order valence-corrected chi connectivity index (χ3v) is 3.66. The lowest BCUT2D eigenvalue weighted by Crippen LogP contribution is -2.66. The molecule has 1 saturated heterocycles. The average molecular weight is 272 g/mol. The Balaban J connectivity index is 2.44. The highest BCUT2D eigenvalue weighted by molar-refractivity contribution is 5.76. The summed E-state index contributed by atoms with van der Waals surface area (Å²) in [5, 5.41) is 8.58. The minimum Gasteiger partial charge on any atom is -0.480 e. The van der Waals surface area contributed by atoms with Gasteiger partial charge in [0.15, 0.2) is 0 Å². The Hall–Kier alpha value is -1.30. The first-order valence-electron chi connectivity index (χ1n) is 6.70. The fourth-order valence-electron chi connectivity index (χ4n) is 2.44. The molecule has 19 heavy (non-hydrogen) atoms. The predicted molar refractivity (Wildman–Crippen MR) is 71.1 cm³/mol. The maximum Gasteiger partial charge on any atom is 0.329 e. The Kier molecular flexibility index (Phi) is 5.17. The molecule has 2 amide bonds. The molecule has 110 valence electrons. The first-order chi connectivity index (χ1) is 8.83. The van der Waals surface area contributed by atoms with Crippen molar-refractivity contribution in [3.63, 3.8) is 0 Å². The number of nitrogens with zero attached hydrogens (tertiary/aromatic N) is 2. The van der Waals surface area contributed by atoms with E-state index in [1.807, 2.05) is 14.0 Å². The number of hydrogen-bond donors (Lipinski definition) is 1. The average Bonchev–Trinajstić information content (AvgIpc) is 2.33. The molecule has 0 radical (unpaired) electrons. The van der Waals surface area contributed by atoms with Crippen molar-refractivity contribution in [2.45, 2.75) is 45.3 Å². The van der Waals surface area contributed by atoms with Crippen LogP contribution in [0.5, 0.6) is 0 Å². The molecule has 0 unspecified atom stereocenters. The summed E-state index contributed by atoms with van der Waals surface area (Å²) in [6.45, 7) is 6.53. The SMILES string of the molecule is CCC(CC)N(C)C(=O)N1CC(C)(OCC(=O)O)C1. The topological polar surface area (TPSA) is 70.1 Å². The van der Waals surface area contributed by atoms with Crippen LogP contribution in [0.4, 0.5) is 4.79 Å². The molecule has 0 saturated carbocycles. The van der Waals surface area contributed by atoms with E-state index >= 15 is 0 Å². The van der Waals surface area contributed by atoms with Gasteiger partial charge in [0.2, 0.25) is 0 Å². The van der Waals surface area contributed by atoms with E-state index in [4.69, 9.17) is 9.84 Å². The molecule has 0 aliphatic carbocycles. The maximum atomic E-state index is 12.2. The fourth-order valence-corrected chi connectivity index (χ4v) is 2.44. The second kappa shape index (κ2) is 6.23. The Morgan fingerprint density at radius 2 is 1.89 bits per heavy atom. The van der Waals surface area contributed by atoms with Crippen LogP contribution in [0, 0.1) is 0 Å².